The number of hydrogen-bond donors (Lipinski definition) is 1. The van der Waals surface area contributed by atoms with E-state index in [4.69, 9.17) is 0 Å². The molecular formula is C24H25N3O. The Morgan fingerprint density at radius 3 is 2.68 bits per heavy atom. The van der Waals surface area contributed by atoms with Crippen LogP contribution >= 0.6 is 0 Å². The third-order valence-electron chi connectivity index (χ3n) is 5.29. The molecule has 0 radical (unpaired) electrons. The zero-order valence-corrected chi connectivity index (χ0v) is 16.2. The Bertz CT molecular complexity index is 1100. The van der Waals surface area contributed by atoms with Gasteiger partial charge in [-0.1, -0.05) is 29.8 Å². The largest absolute Gasteiger partial charge is 0.364 e. The summed E-state index contributed by atoms with van der Waals surface area (Å²) in [6, 6.07) is 14.4. The molecule has 142 valence electrons. The number of fused-ring (bicyclic) bond motifs is 2. The SMILES string of the molecule is C=CCN(CC=C)c1cccc(N2CCc3c2[nH]c2ccc(C)cc2c3=O)c1. The summed E-state index contributed by atoms with van der Waals surface area (Å²) >= 11 is 0. The summed E-state index contributed by atoms with van der Waals surface area (Å²) in [6.45, 7) is 12.0. The first-order chi connectivity index (χ1) is 13.6. The van der Waals surface area contributed by atoms with Crippen LogP contribution in [0.4, 0.5) is 17.2 Å². The molecule has 0 spiro atoms. The van der Waals surface area contributed by atoms with Crippen molar-refractivity contribution in [3.8, 4) is 0 Å². The predicted octanol–water partition coefficient (Wildman–Crippen LogP) is 4.71. The molecule has 1 aliphatic heterocycles. The Balaban J connectivity index is 1.77. The molecule has 1 aromatic heterocycles. The standard InChI is InChI=1S/C24H25N3O/c1-4-12-26(13-5-2)18-7-6-8-19(16-18)27-14-11-20-23(28)21-15-17(3)9-10-22(21)25-24(20)27/h4-10,15-16H,1-2,11-14H2,3H3,(H,25,28). The monoisotopic (exact) mass is 371 g/mol. The van der Waals surface area contributed by atoms with Gasteiger partial charge < -0.3 is 14.8 Å². The maximum atomic E-state index is 13.0. The quantitative estimate of drug-likeness (QED) is 0.638. The van der Waals surface area contributed by atoms with Crippen molar-refractivity contribution in [2.24, 2.45) is 0 Å². The summed E-state index contributed by atoms with van der Waals surface area (Å²) in [7, 11) is 0. The topological polar surface area (TPSA) is 39.3 Å². The van der Waals surface area contributed by atoms with Gasteiger partial charge in [-0.15, -0.1) is 13.2 Å². The van der Waals surface area contributed by atoms with Gasteiger partial charge in [0.05, 0.1) is 5.52 Å². The maximum absolute atomic E-state index is 13.0. The molecule has 0 atom stereocenters. The van der Waals surface area contributed by atoms with E-state index in [0.29, 0.717) is 0 Å². The molecule has 4 nitrogen and oxygen atoms in total. The van der Waals surface area contributed by atoms with E-state index in [0.717, 1.165) is 65.3 Å². The van der Waals surface area contributed by atoms with Crippen LogP contribution in [0.3, 0.4) is 0 Å². The number of aromatic nitrogens is 1. The predicted molar refractivity (Wildman–Crippen MR) is 119 cm³/mol. The molecular weight excluding hydrogens is 346 g/mol. The fourth-order valence-electron chi connectivity index (χ4n) is 3.94. The number of aromatic amines is 1. The Morgan fingerprint density at radius 2 is 1.93 bits per heavy atom. The van der Waals surface area contributed by atoms with Gasteiger partial charge in [0.25, 0.3) is 0 Å². The van der Waals surface area contributed by atoms with Crippen molar-refractivity contribution < 1.29 is 0 Å². The number of hydrogen-bond acceptors (Lipinski definition) is 3. The fourth-order valence-corrected chi connectivity index (χ4v) is 3.94. The molecule has 0 fully saturated rings. The molecule has 28 heavy (non-hydrogen) atoms. The summed E-state index contributed by atoms with van der Waals surface area (Å²) in [4.78, 5) is 20.9. The van der Waals surface area contributed by atoms with E-state index in [1.54, 1.807) is 0 Å². The van der Waals surface area contributed by atoms with Crippen LogP contribution < -0.4 is 15.2 Å². The average molecular weight is 371 g/mol. The minimum absolute atomic E-state index is 0.144. The van der Waals surface area contributed by atoms with E-state index in [2.05, 4.69) is 52.2 Å². The number of pyridine rings is 1. The third-order valence-corrected chi connectivity index (χ3v) is 5.29. The van der Waals surface area contributed by atoms with Gasteiger partial charge in [-0.3, -0.25) is 4.79 Å². The zero-order chi connectivity index (χ0) is 19.7. The normalized spacial score (nSPS) is 12.8. The molecule has 4 heteroatoms. The molecule has 0 unspecified atom stereocenters. The highest BCUT2D eigenvalue weighted by Crippen LogP contribution is 2.34. The highest BCUT2D eigenvalue weighted by Gasteiger charge is 2.25. The number of H-pyrrole nitrogens is 1. The van der Waals surface area contributed by atoms with E-state index in [1.807, 2.05) is 37.3 Å². The van der Waals surface area contributed by atoms with E-state index < -0.39 is 0 Å². The molecule has 4 rings (SSSR count). The minimum Gasteiger partial charge on any atom is -0.364 e. The highest BCUT2D eigenvalue weighted by atomic mass is 16.1. The van der Waals surface area contributed by atoms with E-state index >= 15 is 0 Å². The maximum Gasteiger partial charge on any atom is 0.194 e. The molecule has 2 heterocycles. The Morgan fingerprint density at radius 1 is 1.14 bits per heavy atom. The molecule has 2 aromatic carbocycles. The number of nitrogens with zero attached hydrogens (tertiary/aromatic N) is 2. The first-order valence-corrected chi connectivity index (χ1v) is 9.62. The van der Waals surface area contributed by atoms with Gasteiger partial charge >= 0.3 is 0 Å². The molecule has 1 aliphatic rings. The number of benzene rings is 2. The lowest BCUT2D eigenvalue weighted by molar-refractivity contribution is 0.950. The van der Waals surface area contributed by atoms with Gasteiger partial charge in [0.2, 0.25) is 0 Å². The molecule has 0 saturated heterocycles. The van der Waals surface area contributed by atoms with Crippen LogP contribution in [-0.4, -0.2) is 24.6 Å². The minimum atomic E-state index is 0.144. The van der Waals surface area contributed by atoms with Crippen LogP contribution in [0, 0.1) is 6.92 Å². The second-order valence-electron chi connectivity index (χ2n) is 7.23. The molecule has 3 aromatic rings. The van der Waals surface area contributed by atoms with Gasteiger partial charge in [0, 0.05) is 42.0 Å². The molecule has 0 aliphatic carbocycles. The van der Waals surface area contributed by atoms with E-state index in [-0.39, 0.29) is 5.43 Å². The smallest absolute Gasteiger partial charge is 0.194 e. The van der Waals surface area contributed by atoms with Gasteiger partial charge in [0.15, 0.2) is 5.43 Å². The van der Waals surface area contributed by atoms with Crippen LogP contribution in [0.1, 0.15) is 11.1 Å². The van der Waals surface area contributed by atoms with Gasteiger partial charge in [-0.05, 0) is 43.7 Å². The number of nitrogens with one attached hydrogen (secondary N) is 1. The van der Waals surface area contributed by atoms with Crippen LogP contribution in [-0.2, 0) is 6.42 Å². The molecule has 0 saturated carbocycles. The molecule has 0 amide bonds. The summed E-state index contributed by atoms with van der Waals surface area (Å²) < 4.78 is 0. The zero-order valence-electron chi connectivity index (χ0n) is 16.2. The average Bonchev–Trinajstić information content (AvgIpc) is 3.13. The van der Waals surface area contributed by atoms with E-state index in [1.165, 1.54) is 0 Å². The Hall–Kier alpha value is -3.27. The number of aryl methyl sites for hydroxylation is 1. The lowest BCUT2D eigenvalue weighted by Gasteiger charge is -2.25. The highest BCUT2D eigenvalue weighted by molar-refractivity contribution is 5.84. The van der Waals surface area contributed by atoms with Crippen LogP contribution in [0.15, 0.2) is 72.6 Å². The number of anilines is 3. The Labute approximate surface area is 165 Å². The van der Waals surface area contributed by atoms with Crippen molar-refractivity contribution in [1.82, 2.24) is 4.98 Å². The molecule has 1 N–H and O–H groups in total. The van der Waals surface area contributed by atoms with Crippen LogP contribution in [0.25, 0.3) is 10.9 Å². The summed E-state index contributed by atoms with van der Waals surface area (Å²) in [5.41, 5.74) is 5.20. The first-order valence-electron chi connectivity index (χ1n) is 9.62. The summed E-state index contributed by atoms with van der Waals surface area (Å²) in [5, 5.41) is 0.775. The van der Waals surface area contributed by atoms with Gasteiger partial charge in [-0.25, -0.2) is 0 Å². The van der Waals surface area contributed by atoms with E-state index in [9.17, 15) is 4.79 Å². The summed E-state index contributed by atoms with van der Waals surface area (Å²) in [5.74, 6) is 0.914. The summed E-state index contributed by atoms with van der Waals surface area (Å²) in [6.07, 6.45) is 4.54. The second-order valence-corrected chi connectivity index (χ2v) is 7.23. The van der Waals surface area contributed by atoms with Crippen molar-refractivity contribution >= 4 is 28.1 Å². The fraction of sp³-hybridized carbons (Fsp3) is 0.208. The van der Waals surface area contributed by atoms with Crippen molar-refractivity contribution in [2.45, 2.75) is 13.3 Å². The van der Waals surface area contributed by atoms with Gasteiger partial charge in [-0.2, -0.15) is 0 Å². The van der Waals surface area contributed by atoms with Gasteiger partial charge in [0.1, 0.15) is 5.82 Å². The van der Waals surface area contributed by atoms with Crippen LogP contribution in [0.2, 0.25) is 0 Å². The molecule has 0 bridgehead atoms. The van der Waals surface area contributed by atoms with Crippen molar-refractivity contribution in [2.75, 3.05) is 29.4 Å². The third kappa shape index (κ3) is 3.11. The van der Waals surface area contributed by atoms with Crippen molar-refractivity contribution in [3.63, 3.8) is 0 Å². The lowest BCUT2D eigenvalue weighted by Crippen LogP contribution is -2.23. The van der Waals surface area contributed by atoms with Crippen molar-refractivity contribution in [1.29, 1.82) is 0 Å². The van der Waals surface area contributed by atoms with Crippen molar-refractivity contribution in [3.05, 3.63) is 89.1 Å². The van der Waals surface area contributed by atoms with Crippen LogP contribution in [0.5, 0.6) is 0 Å². The number of rotatable bonds is 6. The Kier molecular flexibility index (Phi) is 4.78. The lowest BCUT2D eigenvalue weighted by atomic mass is 10.1. The first kappa shape index (κ1) is 18.1. The second kappa shape index (κ2) is 7.39.